The second-order valence-electron chi connectivity index (χ2n) is 4.18. The van der Waals surface area contributed by atoms with Gasteiger partial charge in [0.05, 0.1) is 6.04 Å². The van der Waals surface area contributed by atoms with Crippen molar-refractivity contribution in [3.63, 3.8) is 0 Å². The van der Waals surface area contributed by atoms with Gasteiger partial charge in [-0.15, -0.1) is 12.4 Å². The van der Waals surface area contributed by atoms with Crippen LogP contribution in [0.25, 0.3) is 0 Å². The van der Waals surface area contributed by atoms with E-state index in [0.717, 1.165) is 12.2 Å². The van der Waals surface area contributed by atoms with Crippen LogP contribution in [0, 0.1) is 0 Å². The maximum absolute atomic E-state index is 11.5. The predicted molar refractivity (Wildman–Crippen MR) is 73.2 cm³/mol. The molecule has 0 saturated heterocycles. The average Bonchev–Trinajstić information content (AvgIpc) is 2.21. The Kier molecular flexibility index (Phi) is 8.24. The molecule has 0 spiro atoms. The summed E-state index contributed by atoms with van der Waals surface area (Å²) in [6.07, 6.45) is 4.85. The molecule has 1 saturated carbocycles. The fourth-order valence-electron chi connectivity index (χ4n) is 1.99. The zero-order valence-electron chi connectivity index (χ0n) is 10.1. The van der Waals surface area contributed by atoms with Gasteiger partial charge in [0, 0.05) is 11.3 Å². The Bertz CT molecular complexity index is 212. The minimum absolute atomic E-state index is 0. The molecule has 0 radical (unpaired) electrons. The Morgan fingerprint density at radius 2 is 2.12 bits per heavy atom. The number of rotatable bonds is 4. The standard InChI is InChI=1S/C11H22N2OS.ClH/c1-3-15-10-7-5-4-6-9(10)13-11(14)8(2)12;/h8-10H,3-7,12H2,1-2H3,(H,13,14);1H. The highest BCUT2D eigenvalue weighted by Gasteiger charge is 2.26. The lowest BCUT2D eigenvalue weighted by molar-refractivity contribution is -0.122. The molecule has 1 aliphatic rings. The monoisotopic (exact) mass is 266 g/mol. The third kappa shape index (κ3) is 4.93. The van der Waals surface area contributed by atoms with E-state index in [1.165, 1.54) is 19.3 Å². The van der Waals surface area contributed by atoms with Crippen molar-refractivity contribution in [2.24, 2.45) is 5.73 Å². The van der Waals surface area contributed by atoms with Crippen molar-refractivity contribution in [1.29, 1.82) is 0 Å². The van der Waals surface area contributed by atoms with E-state index in [9.17, 15) is 4.79 Å². The first kappa shape index (κ1) is 16.1. The van der Waals surface area contributed by atoms with Crippen LogP contribution in [0.2, 0.25) is 0 Å². The van der Waals surface area contributed by atoms with Crippen molar-refractivity contribution in [2.75, 3.05) is 5.75 Å². The molecule has 0 aromatic carbocycles. The smallest absolute Gasteiger partial charge is 0.236 e. The van der Waals surface area contributed by atoms with Gasteiger partial charge in [-0.25, -0.2) is 0 Å². The first-order valence-electron chi connectivity index (χ1n) is 5.82. The van der Waals surface area contributed by atoms with Crippen molar-refractivity contribution in [2.45, 2.75) is 56.9 Å². The predicted octanol–water partition coefficient (Wildman–Crippen LogP) is 1.94. The summed E-state index contributed by atoms with van der Waals surface area (Å²) in [5, 5.41) is 3.66. The molecular formula is C11H23ClN2OS. The molecule has 0 aromatic rings. The summed E-state index contributed by atoms with van der Waals surface area (Å²) >= 11 is 1.96. The number of nitrogens with two attached hydrogens (primary N) is 1. The largest absolute Gasteiger partial charge is 0.351 e. The molecule has 3 unspecified atom stereocenters. The molecule has 96 valence electrons. The summed E-state index contributed by atoms with van der Waals surface area (Å²) in [7, 11) is 0. The lowest BCUT2D eigenvalue weighted by Crippen LogP contribution is -2.49. The first-order chi connectivity index (χ1) is 7.15. The quantitative estimate of drug-likeness (QED) is 0.818. The summed E-state index contributed by atoms with van der Waals surface area (Å²) in [5.41, 5.74) is 5.55. The number of nitrogens with one attached hydrogen (secondary N) is 1. The van der Waals surface area contributed by atoms with Gasteiger partial charge in [-0.1, -0.05) is 19.8 Å². The van der Waals surface area contributed by atoms with Gasteiger partial charge in [-0.2, -0.15) is 11.8 Å². The molecule has 1 aliphatic carbocycles. The fraction of sp³-hybridized carbons (Fsp3) is 0.909. The first-order valence-corrected chi connectivity index (χ1v) is 6.87. The minimum Gasteiger partial charge on any atom is -0.351 e. The van der Waals surface area contributed by atoms with Gasteiger partial charge in [-0.3, -0.25) is 4.79 Å². The van der Waals surface area contributed by atoms with Gasteiger partial charge in [0.2, 0.25) is 5.91 Å². The normalized spacial score (nSPS) is 26.7. The molecule has 3 atom stereocenters. The molecule has 0 bridgehead atoms. The van der Waals surface area contributed by atoms with E-state index in [1.807, 2.05) is 11.8 Å². The molecule has 1 amide bonds. The topological polar surface area (TPSA) is 55.1 Å². The second-order valence-corrected chi connectivity index (χ2v) is 5.70. The van der Waals surface area contributed by atoms with Crippen LogP contribution >= 0.6 is 24.2 Å². The highest BCUT2D eigenvalue weighted by atomic mass is 35.5. The number of hydrogen-bond acceptors (Lipinski definition) is 3. The summed E-state index contributed by atoms with van der Waals surface area (Å²) in [6, 6.07) is -0.0543. The molecular weight excluding hydrogens is 244 g/mol. The summed E-state index contributed by atoms with van der Waals surface area (Å²) in [4.78, 5) is 11.5. The van der Waals surface area contributed by atoms with Gasteiger partial charge in [0.1, 0.15) is 0 Å². The number of carbonyl (C=O) groups is 1. The van der Waals surface area contributed by atoms with Gasteiger partial charge in [-0.05, 0) is 25.5 Å². The van der Waals surface area contributed by atoms with Gasteiger partial charge >= 0.3 is 0 Å². The van der Waals surface area contributed by atoms with Crippen molar-refractivity contribution in [1.82, 2.24) is 5.32 Å². The maximum Gasteiger partial charge on any atom is 0.236 e. The van der Waals surface area contributed by atoms with E-state index in [2.05, 4.69) is 12.2 Å². The van der Waals surface area contributed by atoms with Crippen LogP contribution in [-0.4, -0.2) is 29.0 Å². The molecule has 16 heavy (non-hydrogen) atoms. The van der Waals surface area contributed by atoms with Crippen molar-refractivity contribution < 1.29 is 4.79 Å². The van der Waals surface area contributed by atoms with Gasteiger partial charge in [0.15, 0.2) is 0 Å². The van der Waals surface area contributed by atoms with E-state index in [1.54, 1.807) is 6.92 Å². The lowest BCUT2D eigenvalue weighted by atomic mass is 9.94. The molecule has 1 rings (SSSR count). The Morgan fingerprint density at radius 3 is 2.69 bits per heavy atom. The number of halogens is 1. The lowest BCUT2D eigenvalue weighted by Gasteiger charge is -2.32. The van der Waals surface area contributed by atoms with Crippen molar-refractivity contribution in [3.05, 3.63) is 0 Å². The molecule has 0 heterocycles. The highest BCUT2D eigenvalue weighted by Crippen LogP contribution is 2.28. The number of thioether (sulfide) groups is 1. The molecule has 1 fully saturated rings. The highest BCUT2D eigenvalue weighted by molar-refractivity contribution is 7.99. The summed E-state index contributed by atoms with van der Waals surface area (Å²) in [6.45, 7) is 3.91. The maximum atomic E-state index is 11.5. The van der Waals surface area contributed by atoms with E-state index in [-0.39, 0.29) is 24.4 Å². The van der Waals surface area contributed by atoms with Crippen molar-refractivity contribution in [3.8, 4) is 0 Å². The molecule has 0 aliphatic heterocycles. The van der Waals surface area contributed by atoms with Crippen LogP contribution in [0.4, 0.5) is 0 Å². The summed E-state index contributed by atoms with van der Waals surface area (Å²) in [5.74, 6) is 1.11. The molecule has 5 heteroatoms. The van der Waals surface area contributed by atoms with E-state index in [0.29, 0.717) is 11.3 Å². The van der Waals surface area contributed by atoms with Crippen LogP contribution in [0.1, 0.15) is 39.5 Å². The third-order valence-corrected chi connectivity index (χ3v) is 4.15. The van der Waals surface area contributed by atoms with Crippen LogP contribution < -0.4 is 11.1 Å². The number of hydrogen-bond donors (Lipinski definition) is 2. The zero-order chi connectivity index (χ0) is 11.3. The van der Waals surface area contributed by atoms with Crippen LogP contribution in [0.15, 0.2) is 0 Å². The number of amides is 1. The van der Waals surface area contributed by atoms with Crippen molar-refractivity contribution >= 4 is 30.1 Å². The molecule has 0 aromatic heterocycles. The van der Waals surface area contributed by atoms with Gasteiger partial charge < -0.3 is 11.1 Å². The Hall–Kier alpha value is 0.0700. The van der Waals surface area contributed by atoms with Crippen LogP contribution in [0.5, 0.6) is 0 Å². The molecule has 3 N–H and O–H groups in total. The van der Waals surface area contributed by atoms with E-state index in [4.69, 9.17) is 5.73 Å². The van der Waals surface area contributed by atoms with Crippen LogP contribution in [-0.2, 0) is 4.79 Å². The zero-order valence-corrected chi connectivity index (χ0v) is 11.7. The SMILES string of the molecule is CCSC1CCCCC1NC(=O)C(C)N.Cl. The van der Waals surface area contributed by atoms with Crippen LogP contribution in [0.3, 0.4) is 0 Å². The minimum atomic E-state index is -0.390. The van der Waals surface area contributed by atoms with E-state index >= 15 is 0 Å². The van der Waals surface area contributed by atoms with E-state index < -0.39 is 0 Å². The average molecular weight is 267 g/mol. The second kappa shape index (κ2) is 8.20. The summed E-state index contributed by atoms with van der Waals surface area (Å²) < 4.78 is 0. The Balaban J connectivity index is 0.00000225. The third-order valence-electron chi connectivity index (χ3n) is 2.82. The number of carbonyl (C=O) groups excluding carboxylic acids is 1. The Labute approximate surface area is 109 Å². The molecule has 3 nitrogen and oxygen atoms in total. The Morgan fingerprint density at radius 1 is 1.50 bits per heavy atom. The fourth-order valence-corrected chi connectivity index (χ4v) is 3.19. The van der Waals surface area contributed by atoms with Gasteiger partial charge in [0.25, 0.3) is 0 Å².